The summed E-state index contributed by atoms with van der Waals surface area (Å²) in [6.45, 7) is 5.77. The molecular weight excluding hydrogens is 262 g/mol. The Morgan fingerprint density at radius 3 is 2.55 bits per heavy atom. The molecule has 0 aliphatic carbocycles. The van der Waals surface area contributed by atoms with Gasteiger partial charge >= 0.3 is 12.0 Å². The monoisotopic (exact) mass is 285 g/mol. The van der Waals surface area contributed by atoms with E-state index in [4.69, 9.17) is 5.11 Å². The topological polar surface area (TPSA) is 90.0 Å². The standard InChI is InChI=1S/C13H23N3O4/c1-8(2)5-9(3)15(4)13(20)16-7-11(17)14-6-10(16)12(18)19/h8-10H,5-7H2,1-4H3,(H,14,17)(H,18,19). The minimum Gasteiger partial charge on any atom is -0.480 e. The van der Waals surface area contributed by atoms with Gasteiger partial charge in [-0.3, -0.25) is 9.69 Å². The molecule has 0 aromatic carbocycles. The molecule has 1 rings (SSSR count). The largest absolute Gasteiger partial charge is 0.480 e. The van der Waals surface area contributed by atoms with Gasteiger partial charge in [0.15, 0.2) is 0 Å². The highest BCUT2D eigenvalue weighted by molar-refractivity contribution is 5.90. The Kier molecular flexibility index (Phi) is 5.35. The van der Waals surface area contributed by atoms with Crippen molar-refractivity contribution in [3.63, 3.8) is 0 Å². The summed E-state index contributed by atoms with van der Waals surface area (Å²) in [7, 11) is 1.64. The van der Waals surface area contributed by atoms with Crippen LogP contribution in [0.4, 0.5) is 4.79 Å². The Morgan fingerprint density at radius 1 is 1.45 bits per heavy atom. The number of amides is 3. The van der Waals surface area contributed by atoms with Gasteiger partial charge < -0.3 is 15.3 Å². The molecule has 0 radical (unpaired) electrons. The quantitative estimate of drug-likeness (QED) is 0.780. The van der Waals surface area contributed by atoms with Gasteiger partial charge in [-0.1, -0.05) is 13.8 Å². The van der Waals surface area contributed by atoms with Gasteiger partial charge in [-0.25, -0.2) is 9.59 Å². The molecular formula is C13H23N3O4. The van der Waals surface area contributed by atoms with Gasteiger partial charge in [0.05, 0.1) is 0 Å². The van der Waals surface area contributed by atoms with Crippen LogP contribution in [0.3, 0.4) is 0 Å². The minimum absolute atomic E-state index is 0.0121. The maximum absolute atomic E-state index is 12.4. The molecule has 7 heteroatoms. The van der Waals surface area contributed by atoms with Crippen molar-refractivity contribution in [1.29, 1.82) is 0 Å². The van der Waals surface area contributed by atoms with Crippen molar-refractivity contribution in [3.8, 4) is 0 Å². The normalized spacial score (nSPS) is 20.6. The molecule has 114 valence electrons. The second-order valence-electron chi connectivity index (χ2n) is 5.66. The lowest BCUT2D eigenvalue weighted by atomic mass is 10.0. The molecule has 20 heavy (non-hydrogen) atoms. The van der Waals surface area contributed by atoms with E-state index in [-0.39, 0.29) is 25.0 Å². The smallest absolute Gasteiger partial charge is 0.328 e. The highest BCUT2D eigenvalue weighted by atomic mass is 16.4. The highest BCUT2D eigenvalue weighted by Gasteiger charge is 2.37. The second kappa shape index (κ2) is 6.58. The van der Waals surface area contributed by atoms with Gasteiger partial charge in [0.1, 0.15) is 12.6 Å². The van der Waals surface area contributed by atoms with Gasteiger partial charge in [0.2, 0.25) is 5.91 Å². The van der Waals surface area contributed by atoms with E-state index >= 15 is 0 Å². The predicted octanol–water partition coefficient (Wildman–Crippen LogP) is 0.358. The maximum Gasteiger partial charge on any atom is 0.328 e. The van der Waals surface area contributed by atoms with E-state index in [0.717, 1.165) is 11.3 Å². The third-order valence-corrected chi connectivity index (χ3v) is 3.49. The Bertz CT molecular complexity index is 397. The first kappa shape index (κ1) is 16.3. The summed E-state index contributed by atoms with van der Waals surface area (Å²) >= 11 is 0. The first-order valence-corrected chi connectivity index (χ1v) is 6.77. The highest BCUT2D eigenvalue weighted by Crippen LogP contribution is 2.14. The number of hydrogen-bond acceptors (Lipinski definition) is 3. The number of hydrogen-bond donors (Lipinski definition) is 2. The number of nitrogens with one attached hydrogen (secondary N) is 1. The molecule has 0 aromatic rings. The van der Waals surface area contributed by atoms with E-state index in [1.807, 2.05) is 6.92 Å². The first-order valence-electron chi connectivity index (χ1n) is 6.77. The number of aliphatic carboxylic acids is 1. The van der Waals surface area contributed by atoms with E-state index in [9.17, 15) is 14.4 Å². The molecule has 1 heterocycles. The molecule has 3 amide bonds. The van der Waals surface area contributed by atoms with E-state index < -0.39 is 18.0 Å². The molecule has 0 saturated carbocycles. The predicted molar refractivity (Wildman–Crippen MR) is 73.2 cm³/mol. The van der Waals surface area contributed by atoms with Crippen molar-refractivity contribution in [2.24, 2.45) is 5.92 Å². The molecule has 1 aliphatic rings. The van der Waals surface area contributed by atoms with E-state index in [1.54, 1.807) is 7.05 Å². The lowest BCUT2D eigenvalue weighted by Gasteiger charge is -2.37. The Balaban J connectivity index is 2.80. The second-order valence-corrected chi connectivity index (χ2v) is 5.66. The molecule has 1 saturated heterocycles. The molecule has 1 fully saturated rings. The number of nitrogens with zero attached hydrogens (tertiary/aromatic N) is 2. The number of carbonyl (C=O) groups excluding carboxylic acids is 2. The molecule has 0 aromatic heterocycles. The van der Waals surface area contributed by atoms with Crippen LogP contribution in [0.15, 0.2) is 0 Å². The van der Waals surface area contributed by atoms with Crippen molar-refractivity contribution in [2.75, 3.05) is 20.1 Å². The molecule has 0 spiro atoms. The Morgan fingerprint density at radius 2 is 2.05 bits per heavy atom. The SMILES string of the molecule is CC(C)CC(C)N(C)C(=O)N1CC(=O)NCC1C(=O)O. The summed E-state index contributed by atoms with van der Waals surface area (Å²) in [6, 6.07) is -1.43. The third-order valence-electron chi connectivity index (χ3n) is 3.49. The van der Waals surface area contributed by atoms with Crippen LogP contribution in [-0.4, -0.2) is 65.0 Å². The Hall–Kier alpha value is -1.79. The van der Waals surface area contributed by atoms with Crippen LogP contribution < -0.4 is 5.32 Å². The Labute approximate surface area is 118 Å². The summed E-state index contributed by atoms with van der Waals surface area (Å²) in [6.07, 6.45) is 0.819. The van der Waals surface area contributed by atoms with Gasteiger partial charge in [-0.15, -0.1) is 0 Å². The third kappa shape index (κ3) is 3.85. The lowest BCUT2D eigenvalue weighted by Crippen LogP contribution is -2.62. The van der Waals surface area contributed by atoms with Crippen molar-refractivity contribution in [1.82, 2.24) is 15.1 Å². The summed E-state index contributed by atoms with van der Waals surface area (Å²) in [4.78, 5) is 37.6. The van der Waals surface area contributed by atoms with E-state index in [1.165, 1.54) is 4.90 Å². The summed E-state index contributed by atoms with van der Waals surface area (Å²) < 4.78 is 0. The number of carbonyl (C=O) groups is 3. The van der Waals surface area contributed by atoms with Crippen LogP contribution in [0, 0.1) is 5.92 Å². The van der Waals surface area contributed by atoms with Crippen LogP contribution >= 0.6 is 0 Å². The number of piperazine rings is 1. The number of urea groups is 1. The number of rotatable bonds is 4. The number of carboxylic acid groups (broad SMARTS) is 1. The fourth-order valence-corrected chi connectivity index (χ4v) is 2.29. The van der Waals surface area contributed by atoms with Crippen molar-refractivity contribution >= 4 is 17.9 Å². The van der Waals surface area contributed by atoms with Gasteiger partial charge in [0, 0.05) is 19.6 Å². The molecule has 0 bridgehead atoms. The van der Waals surface area contributed by atoms with Crippen LogP contribution in [0.2, 0.25) is 0 Å². The minimum atomic E-state index is -1.11. The van der Waals surface area contributed by atoms with Gasteiger partial charge in [0.25, 0.3) is 0 Å². The molecule has 7 nitrogen and oxygen atoms in total. The summed E-state index contributed by atoms with van der Waals surface area (Å²) in [5.74, 6) is -1.01. The zero-order valence-electron chi connectivity index (χ0n) is 12.4. The zero-order chi connectivity index (χ0) is 15.4. The van der Waals surface area contributed by atoms with Crippen LogP contribution in [0.5, 0.6) is 0 Å². The zero-order valence-corrected chi connectivity index (χ0v) is 12.4. The van der Waals surface area contributed by atoms with Crippen molar-refractivity contribution < 1.29 is 19.5 Å². The van der Waals surface area contributed by atoms with Crippen molar-refractivity contribution in [2.45, 2.75) is 39.3 Å². The van der Waals surface area contributed by atoms with E-state index in [2.05, 4.69) is 19.2 Å². The van der Waals surface area contributed by atoms with Gasteiger partial charge in [-0.05, 0) is 19.3 Å². The van der Waals surface area contributed by atoms with Crippen LogP contribution in [0.1, 0.15) is 27.2 Å². The molecule has 2 atom stereocenters. The number of carboxylic acids is 1. The van der Waals surface area contributed by atoms with Crippen molar-refractivity contribution in [3.05, 3.63) is 0 Å². The lowest BCUT2D eigenvalue weighted by molar-refractivity contribution is -0.144. The molecule has 2 N–H and O–H groups in total. The fourth-order valence-electron chi connectivity index (χ4n) is 2.29. The van der Waals surface area contributed by atoms with E-state index in [0.29, 0.717) is 5.92 Å². The van der Waals surface area contributed by atoms with Crippen LogP contribution in [-0.2, 0) is 9.59 Å². The molecule has 1 aliphatic heterocycles. The summed E-state index contributed by atoms with van der Waals surface area (Å²) in [5, 5.41) is 11.6. The fraction of sp³-hybridized carbons (Fsp3) is 0.769. The average molecular weight is 285 g/mol. The maximum atomic E-state index is 12.4. The summed E-state index contributed by atoms with van der Waals surface area (Å²) in [5.41, 5.74) is 0. The molecule has 2 unspecified atom stereocenters. The van der Waals surface area contributed by atoms with Crippen LogP contribution in [0.25, 0.3) is 0 Å². The average Bonchev–Trinajstić information content (AvgIpc) is 2.35. The van der Waals surface area contributed by atoms with Gasteiger partial charge in [-0.2, -0.15) is 0 Å². The first-order chi connectivity index (χ1) is 9.23.